The molecule has 0 spiro atoms. The van der Waals surface area contributed by atoms with Gasteiger partial charge in [0.2, 0.25) is 0 Å². The molecule has 0 saturated carbocycles. The number of rotatable bonds is 2. The number of aromatic nitrogens is 2. The summed E-state index contributed by atoms with van der Waals surface area (Å²) in [5.41, 5.74) is 0.182. The van der Waals surface area contributed by atoms with E-state index in [0.29, 0.717) is 23.2 Å². The predicted molar refractivity (Wildman–Crippen MR) is 88.4 cm³/mol. The number of halogens is 1. The van der Waals surface area contributed by atoms with Crippen LogP contribution in [0, 0.1) is 5.82 Å². The summed E-state index contributed by atoms with van der Waals surface area (Å²) < 4.78 is 26.9. The summed E-state index contributed by atoms with van der Waals surface area (Å²) in [5.74, 6) is -0.397. The number of ether oxygens (including phenoxy) is 2. The van der Waals surface area contributed by atoms with Crippen LogP contribution in [0.4, 0.5) is 14.9 Å². The van der Waals surface area contributed by atoms with Crippen molar-refractivity contribution in [2.24, 2.45) is 0 Å². The molecule has 0 aliphatic carbocycles. The molecule has 1 unspecified atom stereocenters. The van der Waals surface area contributed by atoms with Crippen LogP contribution in [0.3, 0.4) is 0 Å². The molecule has 6 nitrogen and oxygen atoms in total. The van der Waals surface area contributed by atoms with Crippen molar-refractivity contribution >= 4 is 22.7 Å². The molecule has 1 amide bonds. The fraction of sp³-hybridized carbons (Fsp3) is 0.529. The van der Waals surface area contributed by atoms with E-state index in [2.05, 4.69) is 10.4 Å². The maximum Gasteiger partial charge on any atom is 0.412 e. The highest BCUT2D eigenvalue weighted by Gasteiger charge is 2.23. The summed E-state index contributed by atoms with van der Waals surface area (Å²) in [7, 11) is 0. The second-order valence-corrected chi connectivity index (χ2v) is 6.89. The van der Waals surface area contributed by atoms with Gasteiger partial charge in [-0.3, -0.25) is 5.32 Å². The van der Waals surface area contributed by atoms with Crippen molar-refractivity contribution in [1.29, 1.82) is 0 Å². The zero-order chi connectivity index (χ0) is 17.3. The lowest BCUT2D eigenvalue weighted by molar-refractivity contribution is -0.0369. The van der Waals surface area contributed by atoms with Gasteiger partial charge in [0.25, 0.3) is 0 Å². The molecule has 1 saturated heterocycles. The molecule has 2 heterocycles. The first-order valence-electron chi connectivity index (χ1n) is 8.12. The van der Waals surface area contributed by atoms with Gasteiger partial charge < -0.3 is 9.47 Å². The Morgan fingerprint density at radius 1 is 1.42 bits per heavy atom. The molecule has 1 atom stereocenters. The number of carbonyl (C=O) groups excluding carboxylic acids is 1. The monoisotopic (exact) mass is 335 g/mol. The van der Waals surface area contributed by atoms with Crippen LogP contribution in [0.15, 0.2) is 18.3 Å². The van der Waals surface area contributed by atoms with E-state index in [9.17, 15) is 9.18 Å². The van der Waals surface area contributed by atoms with Crippen LogP contribution < -0.4 is 5.32 Å². The van der Waals surface area contributed by atoms with Crippen molar-refractivity contribution in [2.45, 2.75) is 51.9 Å². The second kappa shape index (κ2) is 6.39. The summed E-state index contributed by atoms with van der Waals surface area (Å²) in [6, 6.07) is 2.82. The number of nitrogens with zero attached hydrogens (tertiary/aromatic N) is 2. The van der Waals surface area contributed by atoms with Gasteiger partial charge in [-0.2, -0.15) is 5.10 Å². The van der Waals surface area contributed by atoms with Gasteiger partial charge in [0, 0.05) is 12.0 Å². The molecule has 1 fully saturated rings. The maximum absolute atomic E-state index is 14.4. The zero-order valence-corrected chi connectivity index (χ0v) is 14.1. The molecule has 0 bridgehead atoms. The molecule has 2 aromatic rings. The third-order valence-electron chi connectivity index (χ3n) is 3.77. The zero-order valence-electron chi connectivity index (χ0n) is 14.1. The minimum Gasteiger partial charge on any atom is -0.444 e. The van der Waals surface area contributed by atoms with E-state index in [4.69, 9.17) is 9.47 Å². The lowest BCUT2D eigenvalue weighted by atomic mass is 10.1. The molecule has 0 radical (unpaired) electrons. The third kappa shape index (κ3) is 3.51. The molecule has 130 valence electrons. The average Bonchev–Trinajstić information content (AvgIpc) is 2.95. The molecule has 1 aliphatic heterocycles. The van der Waals surface area contributed by atoms with E-state index in [-0.39, 0.29) is 6.23 Å². The Labute approximate surface area is 139 Å². The van der Waals surface area contributed by atoms with Gasteiger partial charge in [0.05, 0.1) is 11.9 Å². The first kappa shape index (κ1) is 16.7. The predicted octanol–water partition coefficient (Wildman–Crippen LogP) is 4.22. The highest BCUT2D eigenvalue weighted by Crippen LogP contribution is 2.31. The SMILES string of the molecule is CC(C)(C)OC(=O)Nc1ccc(F)c2c1cnn2C1CCCCO1. The molecular formula is C17H22FN3O3. The van der Waals surface area contributed by atoms with Crippen LogP contribution in [-0.2, 0) is 9.47 Å². The summed E-state index contributed by atoms with van der Waals surface area (Å²) in [6.07, 6.45) is 3.50. The summed E-state index contributed by atoms with van der Waals surface area (Å²) in [5, 5.41) is 7.47. The van der Waals surface area contributed by atoms with Gasteiger partial charge in [-0.05, 0) is 52.2 Å². The minimum atomic E-state index is -0.608. The van der Waals surface area contributed by atoms with E-state index in [1.54, 1.807) is 31.6 Å². The van der Waals surface area contributed by atoms with Crippen molar-refractivity contribution in [1.82, 2.24) is 9.78 Å². The van der Waals surface area contributed by atoms with Crippen molar-refractivity contribution < 1.29 is 18.7 Å². The molecule has 1 aromatic heterocycles. The van der Waals surface area contributed by atoms with E-state index in [1.165, 1.54) is 12.1 Å². The Kier molecular flexibility index (Phi) is 4.45. The smallest absolute Gasteiger partial charge is 0.412 e. The largest absolute Gasteiger partial charge is 0.444 e. The van der Waals surface area contributed by atoms with E-state index in [0.717, 1.165) is 19.3 Å². The lowest BCUT2D eigenvalue weighted by Gasteiger charge is -2.23. The molecule has 1 aromatic carbocycles. The summed E-state index contributed by atoms with van der Waals surface area (Å²) in [4.78, 5) is 12.0. The summed E-state index contributed by atoms with van der Waals surface area (Å²) in [6.45, 7) is 5.99. The van der Waals surface area contributed by atoms with Crippen molar-refractivity contribution in [3.8, 4) is 0 Å². The average molecular weight is 335 g/mol. The molecule has 1 N–H and O–H groups in total. The number of anilines is 1. The quantitative estimate of drug-likeness (QED) is 0.892. The lowest BCUT2D eigenvalue weighted by Crippen LogP contribution is -2.27. The number of hydrogen-bond donors (Lipinski definition) is 1. The van der Waals surface area contributed by atoms with Crippen LogP contribution in [-0.4, -0.2) is 28.1 Å². The van der Waals surface area contributed by atoms with Crippen molar-refractivity contribution in [2.75, 3.05) is 11.9 Å². The van der Waals surface area contributed by atoms with Crippen LogP contribution in [0.2, 0.25) is 0 Å². The number of amides is 1. The molecule has 7 heteroatoms. The first-order valence-corrected chi connectivity index (χ1v) is 8.12. The van der Waals surface area contributed by atoms with Gasteiger partial charge in [0.15, 0.2) is 6.23 Å². The maximum atomic E-state index is 14.4. The van der Waals surface area contributed by atoms with Gasteiger partial charge >= 0.3 is 6.09 Å². The van der Waals surface area contributed by atoms with E-state index in [1.807, 2.05) is 0 Å². The topological polar surface area (TPSA) is 65.4 Å². The number of fused-ring (bicyclic) bond motifs is 1. The van der Waals surface area contributed by atoms with E-state index < -0.39 is 17.5 Å². The van der Waals surface area contributed by atoms with Crippen LogP contribution in [0.5, 0.6) is 0 Å². The Morgan fingerprint density at radius 2 is 2.21 bits per heavy atom. The van der Waals surface area contributed by atoms with Crippen molar-refractivity contribution in [3.63, 3.8) is 0 Å². The number of hydrogen-bond acceptors (Lipinski definition) is 4. The van der Waals surface area contributed by atoms with E-state index >= 15 is 0 Å². The Hall–Kier alpha value is -2.15. The summed E-state index contributed by atoms with van der Waals surface area (Å²) >= 11 is 0. The standard InChI is InChI=1S/C17H22FN3O3/c1-17(2,3)24-16(22)20-13-8-7-12(18)15-11(13)10-19-21(15)14-6-4-5-9-23-14/h7-8,10,14H,4-6,9H2,1-3H3,(H,20,22). The Bertz CT molecular complexity index is 745. The van der Waals surface area contributed by atoms with Gasteiger partial charge in [0.1, 0.15) is 16.9 Å². The number of benzene rings is 1. The van der Waals surface area contributed by atoms with Gasteiger partial charge in [-0.1, -0.05) is 0 Å². The minimum absolute atomic E-state index is 0.275. The Balaban J connectivity index is 1.92. The third-order valence-corrected chi connectivity index (χ3v) is 3.77. The van der Waals surface area contributed by atoms with Crippen LogP contribution in [0.1, 0.15) is 46.3 Å². The Morgan fingerprint density at radius 3 is 2.88 bits per heavy atom. The highest BCUT2D eigenvalue weighted by atomic mass is 19.1. The highest BCUT2D eigenvalue weighted by molar-refractivity contribution is 5.99. The molecular weight excluding hydrogens is 313 g/mol. The van der Waals surface area contributed by atoms with Crippen molar-refractivity contribution in [3.05, 3.63) is 24.1 Å². The first-order chi connectivity index (χ1) is 11.3. The molecule has 1 aliphatic rings. The number of nitrogens with one attached hydrogen (secondary N) is 1. The van der Waals surface area contributed by atoms with Gasteiger partial charge in [-0.25, -0.2) is 13.9 Å². The molecule has 24 heavy (non-hydrogen) atoms. The molecule has 3 rings (SSSR count). The fourth-order valence-electron chi connectivity index (χ4n) is 2.78. The number of carbonyl (C=O) groups is 1. The second-order valence-electron chi connectivity index (χ2n) is 6.89. The van der Waals surface area contributed by atoms with Gasteiger partial charge in [-0.15, -0.1) is 0 Å². The normalized spacial score (nSPS) is 18.6. The fourth-order valence-corrected chi connectivity index (χ4v) is 2.78. The van der Waals surface area contributed by atoms with Crippen LogP contribution >= 0.6 is 0 Å². The van der Waals surface area contributed by atoms with Crippen LogP contribution in [0.25, 0.3) is 10.9 Å².